The number of halogens is 2. The molecule has 0 aromatic heterocycles. The molecule has 0 aliphatic rings. The fraction of sp³-hybridized carbons (Fsp3) is 1.00. The summed E-state index contributed by atoms with van der Waals surface area (Å²) in [5.74, 6) is 0. The Balaban J connectivity index is -0.0000000133. The van der Waals surface area contributed by atoms with Crippen molar-refractivity contribution in [2.24, 2.45) is 5.73 Å². The smallest absolute Gasteiger partial charge is 0.00686 e. The molecule has 0 spiro atoms. The van der Waals surface area contributed by atoms with Gasteiger partial charge in [-0.3, -0.25) is 0 Å². The first kappa shape index (κ1) is 33.8. The Hall–Kier alpha value is 0.540. The molecule has 0 aromatic carbocycles. The van der Waals surface area contributed by atoms with Crippen LogP contribution >= 0.6 is 24.8 Å². The highest BCUT2D eigenvalue weighted by molar-refractivity contribution is 5.85. The first-order valence-corrected chi connectivity index (χ1v) is 1.79. The summed E-state index contributed by atoms with van der Waals surface area (Å²) in [7, 11) is 0. The minimum Gasteiger partial charge on any atom is -0.326 e. The SMILES string of the molecule is C.C.CC(C)(C)N.Cl.Cl. The molecule has 0 fully saturated rings. The van der Waals surface area contributed by atoms with Crippen LogP contribution in [-0.2, 0) is 0 Å². The third-order valence-corrected chi connectivity index (χ3v) is 0. The standard InChI is InChI=1S/C4H11N.2CH4.2ClH/c1-4(2,3)5;;;;/h5H2,1-3H3;2*1H4;2*1H. The van der Waals surface area contributed by atoms with Gasteiger partial charge in [-0.15, -0.1) is 24.8 Å². The molecule has 0 atom stereocenters. The molecule has 0 saturated heterocycles. The number of nitrogens with two attached hydrogens (primary N) is 1. The Kier molecular flexibility index (Phi) is 42.6. The molecule has 2 N–H and O–H groups in total. The number of hydrogen-bond acceptors (Lipinski definition) is 1. The van der Waals surface area contributed by atoms with Crippen LogP contribution < -0.4 is 5.73 Å². The van der Waals surface area contributed by atoms with E-state index in [-0.39, 0.29) is 45.2 Å². The fourth-order valence-corrected chi connectivity index (χ4v) is 0. The Morgan fingerprint density at radius 2 is 0.889 bits per heavy atom. The number of rotatable bonds is 0. The van der Waals surface area contributed by atoms with Crippen molar-refractivity contribution in [2.45, 2.75) is 41.2 Å². The molecule has 9 heavy (non-hydrogen) atoms. The predicted octanol–water partition coefficient (Wildman–Crippen LogP) is 2.86. The average Bonchev–Trinajstić information content (AvgIpc) is 0.722. The average molecular weight is 178 g/mol. The Labute approximate surface area is 72.2 Å². The zero-order chi connectivity index (χ0) is 4.50. The molecule has 0 aliphatic heterocycles. The molecule has 0 aromatic rings. The molecule has 0 unspecified atom stereocenters. The lowest BCUT2D eigenvalue weighted by Crippen LogP contribution is -2.26. The quantitative estimate of drug-likeness (QED) is 0.606. The summed E-state index contributed by atoms with van der Waals surface area (Å²) in [6, 6.07) is 0. The molecule has 0 aliphatic carbocycles. The lowest BCUT2D eigenvalue weighted by atomic mass is 10.1. The van der Waals surface area contributed by atoms with Gasteiger partial charge in [-0.25, -0.2) is 0 Å². The van der Waals surface area contributed by atoms with Crippen LogP contribution in [0.25, 0.3) is 0 Å². The highest BCUT2D eigenvalue weighted by Gasteiger charge is 1.95. The fourth-order valence-electron chi connectivity index (χ4n) is 0. The summed E-state index contributed by atoms with van der Waals surface area (Å²) in [4.78, 5) is 0. The summed E-state index contributed by atoms with van der Waals surface area (Å²) >= 11 is 0. The van der Waals surface area contributed by atoms with Gasteiger partial charge in [-0.2, -0.15) is 0 Å². The van der Waals surface area contributed by atoms with E-state index in [9.17, 15) is 0 Å². The van der Waals surface area contributed by atoms with Crippen molar-refractivity contribution in [1.29, 1.82) is 0 Å². The largest absolute Gasteiger partial charge is 0.326 e. The van der Waals surface area contributed by atoms with E-state index in [1.54, 1.807) is 0 Å². The van der Waals surface area contributed by atoms with Gasteiger partial charge in [0.1, 0.15) is 0 Å². The van der Waals surface area contributed by atoms with E-state index >= 15 is 0 Å². The van der Waals surface area contributed by atoms with Crippen LogP contribution in [0.2, 0.25) is 0 Å². The van der Waals surface area contributed by atoms with Gasteiger partial charge in [0.2, 0.25) is 0 Å². The van der Waals surface area contributed by atoms with Gasteiger partial charge in [0.25, 0.3) is 0 Å². The van der Waals surface area contributed by atoms with E-state index in [2.05, 4.69) is 0 Å². The van der Waals surface area contributed by atoms with Crippen molar-refractivity contribution in [2.75, 3.05) is 0 Å². The van der Waals surface area contributed by atoms with E-state index in [0.717, 1.165) is 0 Å². The molecule has 64 valence electrons. The summed E-state index contributed by atoms with van der Waals surface area (Å²) in [5.41, 5.74) is 5.35. The Morgan fingerprint density at radius 3 is 0.889 bits per heavy atom. The first-order valence-electron chi connectivity index (χ1n) is 1.79. The topological polar surface area (TPSA) is 26.0 Å². The van der Waals surface area contributed by atoms with E-state index in [1.165, 1.54) is 0 Å². The molecule has 0 saturated carbocycles. The molecule has 0 bridgehead atoms. The third kappa shape index (κ3) is 1250. The van der Waals surface area contributed by atoms with E-state index in [0.29, 0.717) is 0 Å². The normalized spacial score (nSPS) is 6.67. The molecule has 3 heteroatoms. The second-order valence-corrected chi connectivity index (χ2v) is 2.37. The molecule has 0 heterocycles. The van der Waals surface area contributed by atoms with E-state index in [4.69, 9.17) is 5.73 Å². The molecular formula is C6H21Cl2N. The molecule has 0 radical (unpaired) electrons. The maximum Gasteiger partial charge on any atom is 0.00686 e. The van der Waals surface area contributed by atoms with Gasteiger partial charge >= 0.3 is 0 Å². The van der Waals surface area contributed by atoms with E-state index in [1.807, 2.05) is 20.8 Å². The van der Waals surface area contributed by atoms with Crippen molar-refractivity contribution < 1.29 is 0 Å². The van der Waals surface area contributed by atoms with Crippen molar-refractivity contribution in [3.8, 4) is 0 Å². The van der Waals surface area contributed by atoms with Crippen molar-refractivity contribution in [3.63, 3.8) is 0 Å². The van der Waals surface area contributed by atoms with Gasteiger partial charge in [0.15, 0.2) is 0 Å². The van der Waals surface area contributed by atoms with Crippen LogP contribution in [0, 0.1) is 0 Å². The maximum atomic E-state index is 5.35. The van der Waals surface area contributed by atoms with E-state index < -0.39 is 0 Å². The zero-order valence-corrected chi connectivity index (χ0v) is 6.53. The molecule has 0 amide bonds. The summed E-state index contributed by atoms with van der Waals surface area (Å²) in [6.45, 7) is 5.90. The monoisotopic (exact) mass is 177 g/mol. The van der Waals surface area contributed by atoms with Gasteiger partial charge in [0.05, 0.1) is 0 Å². The minimum atomic E-state index is 0. The van der Waals surface area contributed by atoms with Gasteiger partial charge in [0, 0.05) is 5.54 Å². The van der Waals surface area contributed by atoms with Crippen LogP contribution in [0.1, 0.15) is 35.6 Å². The summed E-state index contributed by atoms with van der Waals surface area (Å²) in [5, 5.41) is 0. The molecule has 0 rings (SSSR count). The second kappa shape index (κ2) is 11.4. The summed E-state index contributed by atoms with van der Waals surface area (Å²) < 4.78 is 0. The van der Waals surface area contributed by atoms with Crippen LogP contribution in [0.4, 0.5) is 0 Å². The maximum absolute atomic E-state index is 5.35. The van der Waals surface area contributed by atoms with Crippen LogP contribution in [-0.4, -0.2) is 5.54 Å². The Bertz CT molecular complexity index is 26.5. The first-order chi connectivity index (χ1) is 2.00. The predicted molar refractivity (Wildman–Crippen MR) is 51.9 cm³/mol. The van der Waals surface area contributed by atoms with Gasteiger partial charge in [-0.05, 0) is 20.8 Å². The number of hydrogen-bond donors (Lipinski definition) is 1. The molecule has 1 nitrogen and oxygen atoms in total. The third-order valence-electron chi connectivity index (χ3n) is 0. The second-order valence-electron chi connectivity index (χ2n) is 2.37. The molecular weight excluding hydrogens is 157 g/mol. The highest BCUT2D eigenvalue weighted by Crippen LogP contribution is 1.88. The van der Waals surface area contributed by atoms with Crippen LogP contribution in [0.3, 0.4) is 0 Å². The summed E-state index contributed by atoms with van der Waals surface area (Å²) in [6.07, 6.45) is 0. The van der Waals surface area contributed by atoms with Crippen LogP contribution in [0.5, 0.6) is 0 Å². The van der Waals surface area contributed by atoms with Crippen molar-refractivity contribution in [3.05, 3.63) is 0 Å². The Morgan fingerprint density at radius 1 is 0.889 bits per heavy atom. The van der Waals surface area contributed by atoms with Crippen LogP contribution in [0.15, 0.2) is 0 Å². The minimum absolute atomic E-state index is 0. The van der Waals surface area contributed by atoms with Gasteiger partial charge in [-0.1, -0.05) is 14.9 Å². The van der Waals surface area contributed by atoms with Gasteiger partial charge < -0.3 is 5.73 Å². The lowest BCUT2D eigenvalue weighted by molar-refractivity contribution is 0.580. The van der Waals surface area contributed by atoms with Crippen molar-refractivity contribution in [1.82, 2.24) is 0 Å². The zero-order valence-electron chi connectivity index (χ0n) is 4.89. The van der Waals surface area contributed by atoms with Crippen molar-refractivity contribution >= 4 is 24.8 Å². The highest BCUT2D eigenvalue weighted by atomic mass is 35.5. The lowest BCUT2D eigenvalue weighted by Gasteiger charge is -2.06.